The van der Waals surface area contributed by atoms with Gasteiger partial charge in [-0.2, -0.15) is 0 Å². The van der Waals surface area contributed by atoms with Crippen LogP contribution < -0.4 is 5.43 Å². The second-order valence-corrected chi connectivity index (χ2v) is 7.61. The monoisotopic (exact) mass is 350 g/mol. The van der Waals surface area contributed by atoms with Gasteiger partial charge in [-0.15, -0.1) is 0 Å². The van der Waals surface area contributed by atoms with E-state index in [4.69, 9.17) is 4.98 Å². The van der Waals surface area contributed by atoms with Gasteiger partial charge in [0.2, 0.25) is 0 Å². The van der Waals surface area contributed by atoms with E-state index in [1.807, 2.05) is 12.3 Å². The third-order valence-corrected chi connectivity index (χ3v) is 5.84. The van der Waals surface area contributed by atoms with Gasteiger partial charge >= 0.3 is 0 Å². The first-order valence-corrected chi connectivity index (χ1v) is 9.69. The van der Waals surface area contributed by atoms with E-state index in [0.717, 1.165) is 44.8 Å². The molecule has 5 rings (SSSR count). The molecule has 6 nitrogen and oxygen atoms in total. The zero-order chi connectivity index (χ0) is 17.5. The standard InChI is InChI=1S/C20H26N6/c1-15-18-14-24(12-16-13-25-9-5-3-7-19(25)22-16)10-11-26(18)23-20(15)17-6-2-4-8-21-17/h2,4,6,8,13,20,23H,3,5,7,9-12,14H2,1H3. The fourth-order valence-corrected chi connectivity index (χ4v) is 4.40. The first-order chi connectivity index (χ1) is 12.8. The molecule has 1 N–H and O–H groups in total. The fraction of sp³-hybridized carbons (Fsp3) is 0.500. The van der Waals surface area contributed by atoms with Crippen molar-refractivity contribution in [1.82, 2.24) is 29.9 Å². The highest BCUT2D eigenvalue weighted by molar-refractivity contribution is 5.30. The van der Waals surface area contributed by atoms with E-state index in [2.05, 4.69) is 50.1 Å². The van der Waals surface area contributed by atoms with Gasteiger partial charge in [-0.1, -0.05) is 6.07 Å². The Morgan fingerprint density at radius 1 is 1.19 bits per heavy atom. The number of hydrogen-bond donors (Lipinski definition) is 1. The lowest BCUT2D eigenvalue weighted by atomic mass is 10.0. The molecule has 1 unspecified atom stereocenters. The summed E-state index contributed by atoms with van der Waals surface area (Å²) in [6, 6.07) is 6.34. The molecule has 2 aromatic rings. The molecule has 26 heavy (non-hydrogen) atoms. The van der Waals surface area contributed by atoms with E-state index >= 15 is 0 Å². The maximum atomic E-state index is 4.88. The zero-order valence-corrected chi connectivity index (χ0v) is 15.4. The van der Waals surface area contributed by atoms with Gasteiger partial charge in [0.25, 0.3) is 0 Å². The Morgan fingerprint density at radius 3 is 3.00 bits per heavy atom. The van der Waals surface area contributed by atoms with Gasteiger partial charge in [0.05, 0.1) is 17.4 Å². The third kappa shape index (κ3) is 2.83. The van der Waals surface area contributed by atoms with Crippen molar-refractivity contribution in [3.8, 4) is 0 Å². The molecule has 6 heteroatoms. The van der Waals surface area contributed by atoms with Crippen LogP contribution in [-0.2, 0) is 19.5 Å². The molecule has 0 radical (unpaired) electrons. The number of pyridine rings is 1. The summed E-state index contributed by atoms with van der Waals surface area (Å²) in [5.41, 5.74) is 8.74. The molecule has 1 fully saturated rings. The van der Waals surface area contributed by atoms with Crippen molar-refractivity contribution in [3.63, 3.8) is 0 Å². The minimum absolute atomic E-state index is 0.200. The largest absolute Gasteiger partial charge is 0.335 e. The van der Waals surface area contributed by atoms with Gasteiger partial charge < -0.3 is 9.58 Å². The van der Waals surface area contributed by atoms with Crippen molar-refractivity contribution in [2.75, 3.05) is 19.6 Å². The molecule has 0 spiro atoms. The molecule has 5 heterocycles. The Morgan fingerprint density at radius 2 is 2.15 bits per heavy atom. The number of nitrogens with one attached hydrogen (secondary N) is 1. The summed E-state index contributed by atoms with van der Waals surface area (Å²) < 4.78 is 2.35. The normalized spacial score (nSPS) is 23.3. The predicted molar refractivity (Wildman–Crippen MR) is 100.0 cm³/mol. The molecule has 0 aromatic carbocycles. The number of imidazole rings is 1. The molecule has 0 bridgehead atoms. The Kier molecular flexibility index (Phi) is 4.02. The minimum atomic E-state index is 0.200. The van der Waals surface area contributed by atoms with Crippen LogP contribution in [0.5, 0.6) is 0 Å². The highest BCUT2D eigenvalue weighted by atomic mass is 15.6. The van der Waals surface area contributed by atoms with Crippen LogP contribution in [-0.4, -0.2) is 44.1 Å². The Bertz CT molecular complexity index is 801. The van der Waals surface area contributed by atoms with Crippen LogP contribution in [0.4, 0.5) is 0 Å². The van der Waals surface area contributed by atoms with Crippen molar-refractivity contribution < 1.29 is 0 Å². The molecule has 3 aliphatic rings. The second-order valence-electron chi connectivity index (χ2n) is 7.61. The SMILES string of the molecule is CC1=C2CN(Cc3cn4c(n3)CCCC4)CCN2NC1c1ccccn1. The Hall–Kier alpha value is -2.18. The predicted octanol–water partition coefficient (Wildman–Crippen LogP) is 2.27. The van der Waals surface area contributed by atoms with E-state index in [1.165, 1.54) is 35.6 Å². The Balaban J connectivity index is 1.32. The zero-order valence-electron chi connectivity index (χ0n) is 15.4. The van der Waals surface area contributed by atoms with Crippen LogP contribution in [0.15, 0.2) is 41.9 Å². The van der Waals surface area contributed by atoms with Crippen molar-refractivity contribution in [2.24, 2.45) is 0 Å². The second kappa shape index (κ2) is 6.52. The molecule has 3 aliphatic heterocycles. The van der Waals surface area contributed by atoms with Crippen LogP contribution in [0.3, 0.4) is 0 Å². The number of rotatable bonds is 3. The van der Waals surface area contributed by atoms with Crippen molar-refractivity contribution >= 4 is 0 Å². The first-order valence-electron chi connectivity index (χ1n) is 9.69. The molecule has 0 saturated carbocycles. The molecule has 136 valence electrons. The van der Waals surface area contributed by atoms with E-state index in [1.54, 1.807) is 0 Å². The summed E-state index contributed by atoms with van der Waals surface area (Å²) in [6.45, 7) is 7.35. The lowest BCUT2D eigenvalue weighted by molar-refractivity contribution is 0.138. The highest BCUT2D eigenvalue weighted by Gasteiger charge is 2.34. The lowest BCUT2D eigenvalue weighted by Crippen LogP contribution is -2.47. The number of aryl methyl sites for hydroxylation is 2. The maximum Gasteiger partial charge on any atom is 0.109 e. The van der Waals surface area contributed by atoms with Crippen LogP contribution in [0.1, 0.15) is 43.0 Å². The Labute approximate surface area is 154 Å². The fourth-order valence-electron chi connectivity index (χ4n) is 4.40. The minimum Gasteiger partial charge on any atom is -0.335 e. The summed E-state index contributed by atoms with van der Waals surface area (Å²) >= 11 is 0. The summed E-state index contributed by atoms with van der Waals surface area (Å²) in [4.78, 5) is 11.9. The average Bonchev–Trinajstić information content (AvgIpc) is 3.23. The summed E-state index contributed by atoms with van der Waals surface area (Å²) in [7, 11) is 0. The van der Waals surface area contributed by atoms with Gasteiger partial charge in [-0.3, -0.25) is 9.88 Å². The van der Waals surface area contributed by atoms with Crippen LogP contribution in [0.2, 0.25) is 0 Å². The summed E-state index contributed by atoms with van der Waals surface area (Å²) in [5, 5.41) is 2.32. The van der Waals surface area contributed by atoms with Crippen LogP contribution in [0.25, 0.3) is 0 Å². The van der Waals surface area contributed by atoms with Crippen molar-refractivity contribution in [2.45, 2.75) is 45.3 Å². The molecule has 1 atom stereocenters. The molecule has 0 amide bonds. The van der Waals surface area contributed by atoms with Gasteiger partial charge in [0, 0.05) is 57.2 Å². The summed E-state index contributed by atoms with van der Waals surface area (Å²) in [6.07, 6.45) is 7.84. The third-order valence-electron chi connectivity index (χ3n) is 5.84. The highest BCUT2D eigenvalue weighted by Crippen LogP contribution is 2.32. The smallest absolute Gasteiger partial charge is 0.109 e. The summed E-state index contributed by atoms with van der Waals surface area (Å²) in [5.74, 6) is 1.28. The number of fused-ring (bicyclic) bond motifs is 2. The molecular formula is C20H26N6. The number of aromatic nitrogens is 3. The first kappa shape index (κ1) is 16.0. The topological polar surface area (TPSA) is 49.2 Å². The molecule has 1 saturated heterocycles. The van der Waals surface area contributed by atoms with Gasteiger partial charge in [0.1, 0.15) is 5.82 Å². The van der Waals surface area contributed by atoms with E-state index in [9.17, 15) is 0 Å². The van der Waals surface area contributed by atoms with E-state index in [0.29, 0.717) is 0 Å². The van der Waals surface area contributed by atoms with Gasteiger partial charge in [0.15, 0.2) is 0 Å². The van der Waals surface area contributed by atoms with Crippen molar-refractivity contribution in [1.29, 1.82) is 0 Å². The number of piperazine rings is 1. The number of nitrogens with zero attached hydrogens (tertiary/aromatic N) is 5. The number of hydrogen-bond acceptors (Lipinski definition) is 5. The molecule has 2 aromatic heterocycles. The van der Waals surface area contributed by atoms with E-state index < -0.39 is 0 Å². The van der Waals surface area contributed by atoms with Gasteiger partial charge in [-0.05, 0) is 37.5 Å². The average molecular weight is 350 g/mol. The van der Waals surface area contributed by atoms with Crippen LogP contribution in [0, 0.1) is 0 Å². The lowest BCUT2D eigenvalue weighted by Gasteiger charge is -2.35. The van der Waals surface area contributed by atoms with Gasteiger partial charge in [-0.25, -0.2) is 10.4 Å². The quantitative estimate of drug-likeness (QED) is 0.920. The number of hydrazine groups is 1. The molecule has 0 aliphatic carbocycles. The van der Waals surface area contributed by atoms with E-state index in [-0.39, 0.29) is 6.04 Å². The van der Waals surface area contributed by atoms with Crippen molar-refractivity contribution in [3.05, 3.63) is 59.1 Å². The maximum absolute atomic E-state index is 4.88. The van der Waals surface area contributed by atoms with Crippen LogP contribution >= 0.6 is 0 Å². The molecular weight excluding hydrogens is 324 g/mol.